The highest BCUT2D eigenvalue weighted by atomic mass is 16.7. The van der Waals surface area contributed by atoms with E-state index in [4.69, 9.17) is 9.47 Å². The van der Waals surface area contributed by atoms with Crippen molar-refractivity contribution in [1.82, 2.24) is 0 Å². The third-order valence-corrected chi connectivity index (χ3v) is 7.79. The average Bonchev–Trinajstić information content (AvgIpc) is 3.07. The highest BCUT2D eigenvalue weighted by Crippen LogP contribution is 2.68. The van der Waals surface area contributed by atoms with Gasteiger partial charge in [-0.25, -0.2) is 0 Å². The Morgan fingerprint density at radius 3 is 2.67 bits per heavy atom. The molecule has 2 aliphatic carbocycles. The van der Waals surface area contributed by atoms with E-state index in [1.54, 1.807) is 18.3 Å². The molecule has 0 aromatic carbocycles. The van der Waals surface area contributed by atoms with Gasteiger partial charge in [0, 0.05) is 12.5 Å². The van der Waals surface area contributed by atoms with Gasteiger partial charge < -0.3 is 14.6 Å². The maximum atomic E-state index is 9.80. The van der Waals surface area contributed by atoms with E-state index < -0.39 is 5.79 Å². The minimum atomic E-state index is -0.669. The second-order valence-electron chi connectivity index (χ2n) is 9.22. The van der Waals surface area contributed by atoms with E-state index in [1.165, 1.54) is 19.3 Å². The average molecular weight is 332 g/mol. The monoisotopic (exact) mass is 332 g/mol. The van der Waals surface area contributed by atoms with E-state index in [-0.39, 0.29) is 18.1 Å². The highest BCUT2D eigenvalue weighted by molar-refractivity contribution is 5.40. The maximum absolute atomic E-state index is 9.80. The number of ether oxygens (including phenoxy) is 2. The zero-order valence-corrected chi connectivity index (χ0v) is 15.8. The minimum Gasteiger partial charge on any atom is -0.392 e. The van der Waals surface area contributed by atoms with Gasteiger partial charge in [-0.05, 0) is 61.0 Å². The summed E-state index contributed by atoms with van der Waals surface area (Å²) in [7, 11) is 1.77. The van der Waals surface area contributed by atoms with Gasteiger partial charge in [-0.1, -0.05) is 38.8 Å². The Kier molecular flexibility index (Phi) is 3.63. The van der Waals surface area contributed by atoms with Crippen molar-refractivity contribution in [3.05, 3.63) is 22.8 Å². The Morgan fingerprint density at radius 2 is 2.04 bits per heavy atom. The van der Waals surface area contributed by atoms with E-state index in [0.29, 0.717) is 17.3 Å². The molecule has 1 saturated carbocycles. The Labute approximate surface area is 146 Å². The predicted molar refractivity (Wildman–Crippen MR) is 94.4 cm³/mol. The Bertz CT molecular complexity index is 619. The van der Waals surface area contributed by atoms with Gasteiger partial charge in [0.15, 0.2) is 5.79 Å². The summed E-state index contributed by atoms with van der Waals surface area (Å²) in [6.45, 7) is 9.60. The first kappa shape index (κ1) is 16.8. The summed E-state index contributed by atoms with van der Waals surface area (Å²) in [5.74, 6) is 0.445. The van der Waals surface area contributed by atoms with Crippen LogP contribution in [0.2, 0.25) is 0 Å². The maximum Gasteiger partial charge on any atom is 0.194 e. The molecule has 134 valence electrons. The molecule has 0 spiro atoms. The molecule has 0 amide bonds. The second-order valence-corrected chi connectivity index (χ2v) is 9.22. The van der Waals surface area contributed by atoms with E-state index >= 15 is 0 Å². The van der Waals surface area contributed by atoms with E-state index in [9.17, 15) is 5.11 Å². The number of methoxy groups -OCH3 is 1. The van der Waals surface area contributed by atoms with Gasteiger partial charge in [0.2, 0.25) is 0 Å². The second kappa shape index (κ2) is 5.18. The van der Waals surface area contributed by atoms with Crippen LogP contribution in [0.1, 0.15) is 59.8 Å². The standard InChI is InChI=1S/C21H32O3/c1-13(2)15-6-7-19(3)8-9-20(4)16(18(15)19)10-17-14(12-22)11-21(20,23-5)24-17/h11,13,16-17,22H,6-10,12H2,1-5H3/t16-,17-,19-,20-,21-/m1/s1. The van der Waals surface area contributed by atoms with Gasteiger partial charge in [-0.2, -0.15) is 0 Å². The summed E-state index contributed by atoms with van der Waals surface area (Å²) in [6, 6.07) is 0. The molecule has 4 rings (SSSR count). The van der Waals surface area contributed by atoms with Crippen molar-refractivity contribution >= 4 is 0 Å². The normalized spacial score (nSPS) is 47.0. The Hall–Kier alpha value is -0.640. The molecule has 2 fully saturated rings. The van der Waals surface area contributed by atoms with Crippen molar-refractivity contribution < 1.29 is 14.6 Å². The fourth-order valence-corrected chi connectivity index (χ4v) is 6.25. The predicted octanol–water partition coefficient (Wildman–Crippen LogP) is 4.22. The summed E-state index contributed by atoms with van der Waals surface area (Å²) >= 11 is 0. The molecular formula is C21H32O3. The van der Waals surface area contributed by atoms with Gasteiger partial charge in [-0.15, -0.1) is 0 Å². The van der Waals surface area contributed by atoms with Crippen molar-refractivity contribution in [2.24, 2.45) is 22.7 Å². The lowest BCUT2D eigenvalue weighted by Gasteiger charge is -2.59. The van der Waals surface area contributed by atoms with Crippen molar-refractivity contribution in [3.63, 3.8) is 0 Å². The van der Waals surface area contributed by atoms with Crippen LogP contribution in [0, 0.1) is 22.7 Å². The summed E-state index contributed by atoms with van der Waals surface area (Å²) in [5.41, 5.74) is 4.72. The van der Waals surface area contributed by atoms with Crippen LogP contribution in [0.3, 0.4) is 0 Å². The van der Waals surface area contributed by atoms with Crippen molar-refractivity contribution in [3.8, 4) is 0 Å². The molecule has 5 atom stereocenters. The quantitative estimate of drug-likeness (QED) is 0.787. The molecular weight excluding hydrogens is 300 g/mol. The van der Waals surface area contributed by atoms with Crippen LogP contribution in [0.4, 0.5) is 0 Å². The van der Waals surface area contributed by atoms with Crippen LogP contribution < -0.4 is 0 Å². The highest BCUT2D eigenvalue weighted by Gasteiger charge is 2.66. The molecule has 0 radical (unpaired) electrons. The molecule has 24 heavy (non-hydrogen) atoms. The third-order valence-electron chi connectivity index (χ3n) is 7.79. The Balaban J connectivity index is 1.86. The van der Waals surface area contributed by atoms with Crippen molar-refractivity contribution in [2.75, 3.05) is 13.7 Å². The van der Waals surface area contributed by atoms with Crippen LogP contribution >= 0.6 is 0 Å². The number of hydrogen-bond acceptors (Lipinski definition) is 3. The number of aliphatic hydroxyl groups excluding tert-OH is 1. The van der Waals surface area contributed by atoms with Crippen LogP contribution in [0.15, 0.2) is 22.8 Å². The first-order chi connectivity index (χ1) is 11.3. The van der Waals surface area contributed by atoms with Gasteiger partial charge in [0.25, 0.3) is 0 Å². The topological polar surface area (TPSA) is 38.7 Å². The number of aliphatic hydroxyl groups is 1. The van der Waals surface area contributed by atoms with E-state index in [1.807, 2.05) is 0 Å². The lowest BCUT2D eigenvalue weighted by molar-refractivity contribution is -0.300. The van der Waals surface area contributed by atoms with Gasteiger partial charge >= 0.3 is 0 Å². The largest absolute Gasteiger partial charge is 0.392 e. The molecule has 2 bridgehead atoms. The Morgan fingerprint density at radius 1 is 1.29 bits per heavy atom. The molecule has 0 aromatic rings. The lowest BCUT2D eigenvalue weighted by atomic mass is 9.52. The van der Waals surface area contributed by atoms with Crippen molar-refractivity contribution in [1.29, 1.82) is 0 Å². The molecule has 2 heterocycles. The van der Waals surface area contributed by atoms with Crippen LogP contribution in [-0.4, -0.2) is 30.7 Å². The van der Waals surface area contributed by atoms with E-state index in [0.717, 1.165) is 18.4 Å². The fourth-order valence-electron chi connectivity index (χ4n) is 6.25. The van der Waals surface area contributed by atoms with E-state index in [2.05, 4.69) is 33.8 Å². The van der Waals surface area contributed by atoms with Gasteiger partial charge in [0.05, 0.1) is 12.7 Å². The first-order valence-electron chi connectivity index (χ1n) is 9.59. The fraction of sp³-hybridized carbons (Fsp3) is 0.810. The summed E-state index contributed by atoms with van der Waals surface area (Å²) < 4.78 is 12.4. The molecule has 1 saturated heterocycles. The molecule has 1 N–H and O–H groups in total. The van der Waals surface area contributed by atoms with Gasteiger partial charge in [-0.3, -0.25) is 0 Å². The molecule has 0 aromatic heterocycles. The van der Waals surface area contributed by atoms with Crippen LogP contribution in [0.5, 0.6) is 0 Å². The SMILES string of the molecule is CO[C@@]12C=C(CO)[C@@H](C[C@@H]3C4=C(C(C)C)CC[C@]4(C)CC[C@]31C)O2. The molecule has 4 aliphatic rings. The number of hydrogen-bond donors (Lipinski definition) is 1. The van der Waals surface area contributed by atoms with Crippen LogP contribution in [0.25, 0.3) is 0 Å². The number of fused-ring (bicyclic) bond motifs is 6. The molecule has 2 aliphatic heterocycles. The molecule has 3 heteroatoms. The van der Waals surface area contributed by atoms with Crippen LogP contribution in [-0.2, 0) is 9.47 Å². The zero-order valence-electron chi connectivity index (χ0n) is 15.8. The summed E-state index contributed by atoms with van der Waals surface area (Å²) in [4.78, 5) is 0. The van der Waals surface area contributed by atoms with Gasteiger partial charge in [0.1, 0.15) is 0 Å². The lowest BCUT2D eigenvalue weighted by Crippen LogP contribution is -2.59. The summed E-state index contributed by atoms with van der Waals surface area (Å²) in [5, 5.41) is 9.80. The molecule has 0 unspecified atom stereocenters. The molecule has 3 nitrogen and oxygen atoms in total. The smallest absolute Gasteiger partial charge is 0.194 e. The number of rotatable bonds is 3. The van der Waals surface area contributed by atoms with Crippen molar-refractivity contribution in [2.45, 2.75) is 71.7 Å². The minimum absolute atomic E-state index is 0.0110. The third kappa shape index (κ3) is 1.89. The zero-order chi connectivity index (χ0) is 17.3. The number of allylic oxidation sites excluding steroid dienone is 2. The first-order valence-corrected chi connectivity index (χ1v) is 9.59. The summed E-state index contributed by atoms with van der Waals surface area (Å²) in [6.07, 6.45) is 8.00.